The van der Waals surface area contributed by atoms with Crippen LogP contribution in [0.1, 0.15) is 13.3 Å². The molecule has 0 radical (unpaired) electrons. The summed E-state index contributed by atoms with van der Waals surface area (Å²) in [5.41, 5.74) is -0.176. The van der Waals surface area contributed by atoms with Gasteiger partial charge in [0.05, 0.1) is 19.6 Å². The molecule has 1 amide bonds. The highest BCUT2D eigenvalue weighted by molar-refractivity contribution is 6.53. The minimum absolute atomic E-state index is 0.215. The number of hydrogen-bond donors (Lipinski definition) is 1. The van der Waals surface area contributed by atoms with Gasteiger partial charge >= 0.3 is 0 Å². The van der Waals surface area contributed by atoms with Crippen molar-refractivity contribution >= 4 is 34.8 Å². The number of anilines is 1. The SMILES string of the molecule is COc1cc(NC(=O)C2(C)CC2(Cl)Cl)cc(OC)c1. The number of nitrogens with one attached hydrogen (secondary N) is 1. The van der Waals surface area contributed by atoms with E-state index in [1.54, 1.807) is 39.3 Å². The van der Waals surface area contributed by atoms with Crippen LogP contribution >= 0.6 is 23.2 Å². The van der Waals surface area contributed by atoms with E-state index in [0.29, 0.717) is 23.6 Å². The summed E-state index contributed by atoms with van der Waals surface area (Å²) in [7, 11) is 3.09. The van der Waals surface area contributed by atoms with Crippen molar-refractivity contribution in [3.63, 3.8) is 0 Å². The quantitative estimate of drug-likeness (QED) is 0.869. The van der Waals surface area contributed by atoms with Crippen molar-refractivity contribution in [1.29, 1.82) is 0 Å². The second kappa shape index (κ2) is 4.76. The van der Waals surface area contributed by atoms with Crippen molar-refractivity contribution in [1.82, 2.24) is 0 Å². The van der Waals surface area contributed by atoms with Crippen molar-refractivity contribution in [3.8, 4) is 11.5 Å². The lowest BCUT2D eigenvalue weighted by atomic mass is 10.1. The van der Waals surface area contributed by atoms with E-state index < -0.39 is 9.75 Å². The molecule has 1 saturated carbocycles. The second-order valence-corrected chi connectivity index (χ2v) is 6.25. The molecule has 0 aliphatic heterocycles. The Morgan fingerprint density at radius 3 is 2.05 bits per heavy atom. The Kier molecular flexibility index (Phi) is 3.58. The van der Waals surface area contributed by atoms with Gasteiger partial charge in [-0.3, -0.25) is 4.79 Å². The van der Waals surface area contributed by atoms with Crippen LogP contribution in [0.25, 0.3) is 0 Å². The van der Waals surface area contributed by atoms with Gasteiger partial charge < -0.3 is 14.8 Å². The summed E-state index contributed by atoms with van der Waals surface area (Å²) in [6, 6.07) is 5.13. The first kappa shape index (κ1) is 14.3. The monoisotopic (exact) mass is 303 g/mol. The third kappa shape index (κ3) is 2.60. The number of alkyl halides is 2. The fourth-order valence-electron chi connectivity index (χ4n) is 1.79. The van der Waals surface area contributed by atoms with Crippen molar-refractivity contribution < 1.29 is 14.3 Å². The van der Waals surface area contributed by atoms with Gasteiger partial charge in [0.2, 0.25) is 5.91 Å². The molecule has 0 aromatic heterocycles. The maximum atomic E-state index is 12.1. The highest BCUT2D eigenvalue weighted by Crippen LogP contribution is 2.64. The molecular formula is C13H15Cl2NO3. The zero-order chi connectivity index (χ0) is 14.3. The standard InChI is InChI=1S/C13H15Cl2NO3/c1-12(7-13(12,14)15)11(17)16-8-4-9(18-2)6-10(5-8)19-3/h4-6H,7H2,1-3H3,(H,16,17). The third-order valence-electron chi connectivity index (χ3n) is 3.37. The van der Waals surface area contributed by atoms with Gasteiger partial charge in [-0.25, -0.2) is 0 Å². The van der Waals surface area contributed by atoms with Crippen LogP contribution in [0.4, 0.5) is 5.69 Å². The molecule has 104 valence electrons. The molecule has 1 aromatic carbocycles. The van der Waals surface area contributed by atoms with E-state index >= 15 is 0 Å². The molecule has 0 spiro atoms. The van der Waals surface area contributed by atoms with Gasteiger partial charge in [-0.15, -0.1) is 23.2 Å². The van der Waals surface area contributed by atoms with Gasteiger partial charge in [0.15, 0.2) is 0 Å². The lowest BCUT2D eigenvalue weighted by Crippen LogP contribution is -2.25. The lowest BCUT2D eigenvalue weighted by molar-refractivity contribution is -0.120. The molecule has 0 bridgehead atoms. The lowest BCUT2D eigenvalue weighted by Gasteiger charge is -2.14. The molecule has 1 aliphatic rings. The number of methoxy groups -OCH3 is 2. The third-order valence-corrected chi connectivity index (χ3v) is 4.47. The van der Waals surface area contributed by atoms with Crippen molar-refractivity contribution in [3.05, 3.63) is 18.2 Å². The summed E-state index contributed by atoms with van der Waals surface area (Å²) < 4.78 is 9.29. The molecule has 6 heteroatoms. The number of amides is 1. The van der Waals surface area contributed by atoms with Crippen LogP contribution in [0.3, 0.4) is 0 Å². The van der Waals surface area contributed by atoms with Crippen LogP contribution in [-0.2, 0) is 4.79 Å². The van der Waals surface area contributed by atoms with E-state index in [2.05, 4.69) is 5.32 Å². The van der Waals surface area contributed by atoms with E-state index in [9.17, 15) is 4.79 Å². The smallest absolute Gasteiger partial charge is 0.233 e. The Bertz CT molecular complexity index is 496. The molecule has 4 nitrogen and oxygen atoms in total. The second-order valence-electron chi connectivity index (χ2n) is 4.77. The molecule has 1 atom stereocenters. The summed E-state index contributed by atoms with van der Waals surface area (Å²) in [6.45, 7) is 1.74. The number of halogens is 2. The normalized spacial score (nSPS) is 23.6. The first-order valence-corrected chi connectivity index (χ1v) is 6.50. The summed E-state index contributed by atoms with van der Waals surface area (Å²) >= 11 is 12.0. The molecule has 2 rings (SSSR count). The minimum atomic E-state index is -0.986. The van der Waals surface area contributed by atoms with Crippen molar-refractivity contribution in [2.45, 2.75) is 17.7 Å². The number of ether oxygens (including phenoxy) is 2. The van der Waals surface area contributed by atoms with Gasteiger partial charge in [-0.1, -0.05) is 0 Å². The maximum Gasteiger partial charge on any atom is 0.233 e. The molecule has 1 N–H and O–H groups in total. The van der Waals surface area contributed by atoms with Crippen LogP contribution in [0.2, 0.25) is 0 Å². The molecule has 19 heavy (non-hydrogen) atoms. The fraction of sp³-hybridized carbons (Fsp3) is 0.462. The Balaban J connectivity index is 2.18. The molecule has 0 saturated heterocycles. The highest BCUT2D eigenvalue weighted by atomic mass is 35.5. The molecule has 1 aliphatic carbocycles. The molecule has 1 aromatic rings. The fourth-order valence-corrected chi connectivity index (χ4v) is 2.50. The van der Waals surface area contributed by atoms with E-state index in [1.807, 2.05) is 0 Å². The van der Waals surface area contributed by atoms with Crippen molar-refractivity contribution in [2.24, 2.45) is 5.41 Å². The summed E-state index contributed by atoms with van der Waals surface area (Å²) in [5, 5.41) is 2.78. The summed E-state index contributed by atoms with van der Waals surface area (Å²) in [4.78, 5) is 12.1. The molecule has 1 fully saturated rings. The van der Waals surface area contributed by atoms with Crippen LogP contribution < -0.4 is 14.8 Å². The van der Waals surface area contributed by atoms with Gasteiger partial charge in [-0.05, 0) is 13.3 Å². The van der Waals surface area contributed by atoms with E-state index in [-0.39, 0.29) is 5.91 Å². The van der Waals surface area contributed by atoms with Gasteiger partial charge in [0, 0.05) is 23.9 Å². The first-order valence-electron chi connectivity index (χ1n) is 5.75. The van der Waals surface area contributed by atoms with E-state index in [0.717, 1.165) is 0 Å². The minimum Gasteiger partial charge on any atom is -0.497 e. The number of benzene rings is 1. The zero-order valence-electron chi connectivity index (χ0n) is 10.9. The Labute approximate surface area is 122 Å². The molecule has 0 heterocycles. The average molecular weight is 304 g/mol. The van der Waals surface area contributed by atoms with Gasteiger partial charge in [0.25, 0.3) is 0 Å². The first-order chi connectivity index (χ1) is 8.82. The predicted molar refractivity (Wildman–Crippen MR) is 75.3 cm³/mol. The van der Waals surface area contributed by atoms with E-state index in [1.165, 1.54) is 0 Å². The highest BCUT2D eigenvalue weighted by Gasteiger charge is 2.67. The molecular weight excluding hydrogens is 289 g/mol. The zero-order valence-corrected chi connectivity index (χ0v) is 12.4. The van der Waals surface area contributed by atoms with Gasteiger partial charge in [0.1, 0.15) is 15.8 Å². The van der Waals surface area contributed by atoms with E-state index in [4.69, 9.17) is 32.7 Å². The van der Waals surface area contributed by atoms with Crippen LogP contribution in [0.15, 0.2) is 18.2 Å². The van der Waals surface area contributed by atoms with Crippen LogP contribution in [-0.4, -0.2) is 24.5 Å². The topological polar surface area (TPSA) is 47.6 Å². The number of rotatable bonds is 4. The predicted octanol–water partition coefficient (Wildman–Crippen LogP) is 3.23. The Morgan fingerprint density at radius 1 is 1.21 bits per heavy atom. The number of carbonyl (C=O) groups is 1. The number of carbonyl (C=O) groups excluding carboxylic acids is 1. The average Bonchev–Trinajstić information content (AvgIpc) is 2.89. The summed E-state index contributed by atoms with van der Waals surface area (Å²) in [6.07, 6.45) is 0.441. The number of hydrogen-bond acceptors (Lipinski definition) is 3. The largest absolute Gasteiger partial charge is 0.497 e. The maximum absolute atomic E-state index is 12.1. The summed E-state index contributed by atoms with van der Waals surface area (Å²) in [5.74, 6) is 0.977. The van der Waals surface area contributed by atoms with Crippen molar-refractivity contribution in [2.75, 3.05) is 19.5 Å². The van der Waals surface area contributed by atoms with Gasteiger partial charge in [-0.2, -0.15) is 0 Å². The Hall–Kier alpha value is -1.13. The Morgan fingerprint density at radius 2 is 1.68 bits per heavy atom. The van der Waals surface area contributed by atoms with Crippen LogP contribution in [0.5, 0.6) is 11.5 Å². The van der Waals surface area contributed by atoms with Crippen LogP contribution in [0, 0.1) is 5.41 Å². The molecule has 1 unspecified atom stereocenters.